The topological polar surface area (TPSA) is 52.9 Å². The highest BCUT2D eigenvalue weighted by atomic mass is 19.2. The molecule has 1 amide bonds. The van der Waals surface area contributed by atoms with Crippen LogP contribution in [0.5, 0.6) is 0 Å². The number of para-hydroxylation sites is 1. The monoisotopic (exact) mass is 272 g/mol. The van der Waals surface area contributed by atoms with Gasteiger partial charge in [-0.25, -0.2) is 8.78 Å². The molecule has 0 aliphatic carbocycles. The van der Waals surface area contributed by atoms with Gasteiger partial charge in [0.05, 0.1) is 17.7 Å². The van der Waals surface area contributed by atoms with E-state index in [0.29, 0.717) is 16.8 Å². The summed E-state index contributed by atoms with van der Waals surface area (Å²) in [5.74, 6) is -2.35. The highest BCUT2D eigenvalue weighted by molar-refractivity contribution is 5.93. The molecule has 100 valence electrons. The normalized spacial score (nSPS) is 9.85. The van der Waals surface area contributed by atoms with E-state index >= 15 is 0 Å². The molecule has 2 rings (SSSR count). The maximum atomic E-state index is 13.0. The molecule has 2 aromatic carbocycles. The molecule has 3 nitrogen and oxygen atoms in total. The third kappa shape index (κ3) is 3.18. The average molecular weight is 272 g/mol. The van der Waals surface area contributed by atoms with Gasteiger partial charge in [-0.3, -0.25) is 4.79 Å². The lowest BCUT2D eigenvalue weighted by Crippen LogP contribution is -2.15. The van der Waals surface area contributed by atoms with Gasteiger partial charge in [-0.05, 0) is 29.8 Å². The fourth-order valence-electron chi connectivity index (χ4n) is 1.72. The predicted molar refractivity (Wildman–Crippen MR) is 69.8 cm³/mol. The first-order valence-corrected chi connectivity index (χ1v) is 5.83. The van der Waals surface area contributed by atoms with Crippen LogP contribution in [0.25, 0.3) is 0 Å². The smallest absolute Gasteiger partial charge is 0.228 e. The molecule has 0 heterocycles. The molecule has 0 spiro atoms. The van der Waals surface area contributed by atoms with E-state index in [1.165, 1.54) is 6.07 Å². The van der Waals surface area contributed by atoms with Gasteiger partial charge in [0.2, 0.25) is 5.91 Å². The van der Waals surface area contributed by atoms with Crippen molar-refractivity contribution in [2.24, 2.45) is 0 Å². The van der Waals surface area contributed by atoms with Crippen LogP contribution in [-0.2, 0) is 11.2 Å². The highest BCUT2D eigenvalue weighted by Gasteiger charge is 2.09. The van der Waals surface area contributed by atoms with Crippen LogP contribution in [0.4, 0.5) is 14.5 Å². The molecule has 0 saturated carbocycles. The fraction of sp³-hybridized carbons (Fsp3) is 0.0667. The number of hydrogen-bond acceptors (Lipinski definition) is 2. The number of nitrogens with one attached hydrogen (secondary N) is 1. The minimum Gasteiger partial charge on any atom is -0.325 e. The van der Waals surface area contributed by atoms with Crippen LogP contribution < -0.4 is 5.32 Å². The molecule has 2 aromatic rings. The van der Waals surface area contributed by atoms with Crippen LogP contribution in [0.3, 0.4) is 0 Å². The summed E-state index contributed by atoms with van der Waals surface area (Å²) in [6, 6.07) is 11.8. The van der Waals surface area contributed by atoms with Crippen LogP contribution in [0.2, 0.25) is 0 Å². The first kappa shape index (κ1) is 13.7. The van der Waals surface area contributed by atoms with Gasteiger partial charge < -0.3 is 5.32 Å². The predicted octanol–water partition coefficient (Wildman–Crippen LogP) is 3.02. The first-order chi connectivity index (χ1) is 9.60. The van der Waals surface area contributed by atoms with Gasteiger partial charge in [-0.2, -0.15) is 5.26 Å². The van der Waals surface area contributed by atoms with Crippen LogP contribution in [-0.4, -0.2) is 5.91 Å². The number of hydrogen-bond donors (Lipinski definition) is 1. The second kappa shape index (κ2) is 5.93. The number of anilines is 1. The Labute approximate surface area is 114 Å². The second-order valence-electron chi connectivity index (χ2n) is 4.13. The summed E-state index contributed by atoms with van der Waals surface area (Å²) in [6.07, 6.45) is -0.100. The van der Waals surface area contributed by atoms with E-state index < -0.39 is 17.5 Å². The molecule has 0 aromatic heterocycles. The lowest BCUT2D eigenvalue weighted by molar-refractivity contribution is -0.115. The minimum atomic E-state index is -0.993. The van der Waals surface area contributed by atoms with Crippen molar-refractivity contribution in [3.8, 4) is 6.07 Å². The number of nitrogens with zero attached hydrogens (tertiary/aromatic N) is 1. The molecule has 0 aliphatic rings. The number of amides is 1. The van der Waals surface area contributed by atoms with Crippen LogP contribution in [0.15, 0.2) is 42.5 Å². The Hall–Kier alpha value is -2.74. The van der Waals surface area contributed by atoms with Gasteiger partial charge in [0.25, 0.3) is 0 Å². The zero-order chi connectivity index (χ0) is 14.5. The van der Waals surface area contributed by atoms with Crippen molar-refractivity contribution >= 4 is 11.6 Å². The molecule has 0 aliphatic heterocycles. The molecule has 1 N–H and O–H groups in total. The maximum Gasteiger partial charge on any atom is 0.228 e. The van der Waals surface area contributed by atoms with Crippen molar-refractivity contribution in [2.45, 2.75) is 6.42 Å². The summed E-state index contributed by atoms with van der Waals surface area (Å²) in [7, 11) is 0. The summed E-state index contributed by atoms with van der Waals surface area (Å²) in [5.41, 5.74) is 1.09. The van der Waals surface area contributed by atoms with E-state index in [2.05, 4.69) is 5.32 Å². The molecule has 20 heavy (non-hydrogen) atoms. The highest BCUT2D eigenvalue weighted by Crippen LogP contribution is 2.15. The van der Waals surface area contributed by atoms with E-state index in [1.807, 2.05) is 6.07 Å². The Morgan fingerprint density at radius 2 is 1.90 bits per heavy atom. The summed E-state index contributed by atoms with van der Waals surface area (Å²) >= 11 is 0. The van der Waals surface area contributed by atoms with Crippen LogP contribution >= 0.6 is 0 Å². The number of halogens is 2. The number of nitriles is 1. The van der Waals surface area contributed by atoms with Crippen molar-refractivity contribution in [2.75, 3.05) is 5.32 Å². The Morgan fingerprint density at radius 1 is 1.15 bits per heavy atom. The molecule has 0 radical (unpaired) electrons. The van der Waals surface area contributed by atoms with Crippen molar-refractivity contribution in [1.29, 1.82) is 5.26 Å². The minimum absolute atomic E-state index is 0.100. The summed E-state index contributed by atoms with van der Waals surface area (Å²) in [6.45, 7) is 0. The zero-order valence-electron chi connectivity index (χ0n) is 10.4. The van der Waals surface area contributed by atoms with Gasteiger partial charge in [0, 0.05) is 0 Å². The molecule has 0 bridgehead atoms. The molecular weight excluding hydrogens is 262 g/mol. The quantitative estimate of drug-likeness (QED) is 0.933. The van der Waals surface area contributed by atoms with Crippen molar-refractivity contribution in [1.82, 2.24) is 0 Å². The van der Waals surface area contributed by atoms with Crippen molar-refractivity contribution in [3.63, 3.8) is 0 Å². The summed E-state index contributed by atoms with van der Waals surface area (Å²) in [5, 5.41) is 11.5. The van der Waals surface area contributed by atoms with Crippen molar-refractivity contribution in [3.05, 3.63) is 65.2 Å². The molecular formula is C15H10F2N2O. The second-order valence-corrected chi connectivity index (χ2v) is 4.13. The number of carbonyl (C=O) groups excluding carboxylic acids is 1. The largest absolute Gasteiger partial charge is 0.325 e. The first-order valence-electron chi connectivity index (χ1n) is 5.83. The molecule has 5 heteroatoms. The summed E-state index contributed by atoms with van der Waals surface area (Å²) < 4.78 is 25.8. The summed E-state index contributed by atoms with van der Waals surface area (Å²) in [4.78, 5) is 11.8. The van der Waals surface area contributed by atoms with Crippen LogP contribution in [0, 0.1) is 23.0 Å². The van der Waals surface area contributed by atoms with E-state index in [-0.39, 0.29) is 6.42 Å². The maximum absolute atomic E-state index is 13.0. The zero-order valence-corrected chi connectivity index (χ0v) is 10.4. The Bertz CT molecular complexity index is 693. The van der Waals surface area contributed by atoms with Gasteiger partial charge in [-0.1, -0.05) is 18.2 Å². The standard InChI is InChI=1S/C15H10F2N2O/c16-12-6-5-10(7-13(12)17)8-15(20)19-14-4-2-1-3-11(14)9-18/h1-7H,8H2,(H,19,20). The molecule has 0 atom stereocenters. The number of carbonyl (C=O) groups is 1. The molecule has 0 unspecified atom stereocenters. The third-order valence-corrected chi connectivity index (χ3v) is 2.67. The van der Waals surface area contributed by atoms with E-state index in [4.69, 9.17) is 5.26 Å². The van der Waals surface area contributed by atoms with E-state index in [1.54, 1.807) is 24.3 Å². The van der Waals surface area contributed by atoms with Crippen LogP contribution in [0.1, 0.15) is 11.1 Å². The average Bonchev–Trinajstić information content (AvgIpc) is 2.43. The lowest BCUT2D eigenvalue weighted by Gasteiger charge is -2.07. The van der Waals surface area contributed by atoms with Crippen molar-refractivity contribution < 1.29 is 13.6 Å². The van der Waals surface area contributed by atoms with Gasteiger partial charge >= 0.3 is 0 Å². The lowest BCUT2D eigenvalue weighted by atomic mass is 10.1. The SMILES string of the molecule is N#Cc1ccccc1NC(=O)Cc1ccc(F)c(F)c1. The van der Waals surface area contributed by atoms with E-state index in [0.717, 1.165) is 12.1 Å². The molecule has 0 fully saturated rings. The van der Waals surface area contributed by atoms with Gasteiger partial charge in [0.1, 0.15) is 6.07 Å². The Morgan fingerprint density at radius 3 is 2.60 bits per heavy atom. The van der Waals surface area contributed by atoms with E-state index in [9.17, 15) is 13.6 Å². The Kier molecular flexibility index (Phi) is 4.06. The van der Waals surface area contributed by atoms with Gasteiger partial charge in [-0.15, -0.1) is 0 Å². The fourth-order valence-corrected chi connectivity index (χ4v) is 1.72. The molecule has 0 saturated heterocycles. The Balaban J connectivity index is 2.09. The number of rotatable bonds is 3. The number of benzene rings is 2. The van der Waals surface area contributed by atoms with Gasteiger partial charge in [0.15, 0.2) is 11.6 Å². The third-order valence-electron chi connectivity index (χ3n) is 2.67.